The van der Waals surface area contributed by atoms with Crippen LogP contribution in [0.2, 0.25) is 0 Å². The minimum atomic E-state index is -0.647. The van der Waals surface area contributed by atoms with Crippen molar-refractivity contribution in [3.05, 3.63) is 29.3 Å². The SMILES string of the molecule is COc1c(F)cc(C2(CN)CCCCC2)cc1F. The van der Waals surface area contributed by atoms with Crippen molar-refractivity contribution < 1.29 is 13.5 Å². The van der Waals surface area contributed by atoms with Crippen molar-refractivity contribution >= 4 is 0 Å². The van der Waals surface area contributed by atoms with Crippen LogP contribution in [0.1, 0.15) is 37.7 Å². The van der Waals surface area contributed by atoms with E-state index in [1.54, 1.807) is 0 Å². The smallest absolute Gasteiger partial charge is 0.190 e. The molecule has 0 heterocycles. The minimum Gasteiger partial charge on any atom is -0.491 e. The molecule has 0 radical (unpaired) electrons. The van der Waals surface area contributed by atoms with Crippen molar-refractivity contribution in [3.63, 3.8) is 0 Å². The van der Waals surface area contributed by atoms with Gasteiger partial charge in [-0.25, -0.2) is 8.78 Å². The van der Waals surface area contributed by atoms with Gasteiger partial charge in [0.15, 0.2) is 17.4 Å². The summed E-state index contributed by atoms with van der Waals surface area (Å²) in [4.78, 5) is 0. The molecule has 2 nitrogen and oxygen atoms in total. The zero-order valence-electron chi connectivity index (χ0n) is 10.6. The second kappa shape index (κ2) is 5.22. The highest BCUT2D eigenvalue weighted by Crippen LogP contribution is 2.40. The number of halogens is 2. The molecule has 1 aromatic rings. The van der Waals surface area contributed by atoms with Crippen LogP contribution in [-0.4, -0.2) is 13.7 Å². The Hall–Kier alpha value is -1.16. The number of nitrogens with two attached hydrogens (primary N) is 1. The highest BCUT2D eigenvalue weighted by atomic mass is 19.1. The van der Waals surface area contributed by atoms with E-state index in [1.807, 2.05) is 0 Å². The highest BCUT2D eigenvalue weighted by molar-refractivity contribution is 5.36. The van der Waals surface area contributed by atoms with Crippen LogP contribution >= 0.6 is 0 Å². The van der Waals surface area contributed by atoms with Crippen LogP contribution in [0.25, 0.3) is 0 Å². The first-order chi connectivity index (χ1) is 8.63. The lowest BCUT2D eigenvalue weighted by molar-refractivity contribution is 0.296. The van der Waals surface area contributed by atoms with E-state index in [0.29, 0.717) is 12.1 Å². The molecule has 2 N–H and O–H groups in total. The maximum Gasteiger partial charge on any atom is 0.190 e. The number of hydrogen-bond acceptors (Lipinski definition) is 2. The molecule has 0 aromatic heterocycles. The largest absolute Gasteiger partial charge is 0.491 e. The van der Waals surface area contributed by atoms with Crippen molar-refractivity contribution in [1.82, 2.24) is 0 Å². The molecule has 0 saturated heterocycles. The lowest BCUT2D eigenvalue weighted by Gasteiger charge is -2.37. The molecule has 1 saturated carbocycles. The fourth-order valence-corrected chi connectivity index (χ4v) is 2.90. The number of methoxy groups -OCH3 is 1. The first-order valence-corrected chi connectivity index (χ1v) is 6.36. The lowest BCUT2D eigenvalue weighted by Crippen LogP contribution is -2.37. The van der Waals surface area contributed by atoms with Crippen LogP contribution in [0.15, 0.2) is 12.1 Å². The van der Waals surface area contributed by atoms with Gasteiger partial charge in [-0.3, -0.25) is 0 Å². The van der Waals surface area contributed by atoms with E-state index >= 15 is 0 Å². The van der Waals surface area contributed by atoms with Gasteiger partial charge in [-0.1, -0.05) is 19.3 Å². The topological polar surface area (TPSA) is 35.2 Å². The van der Waals surface area contributed by atoms with Crippen LogP contribution in [0.5, 0.6) is 5.75 Å². The number of ether oxygens (including phenoxy) is 1. The Balaban J connectivity index is 2.43. The number of benzene rings is 1. The maximum atomic E-state index is 13.8. The van der Waals surface area contributed by atoms with Crippen molar-refractivity contribution in [3.8, 4) is 5.75 Å². The zero-order chi connectivity index (χ0) is 13.2. The predicted octanol–water partition coefficient (Wildman–Crippen LogP) is 3.13. The minimum absolute atomic E-state index is 0.272. The average molecular weight is 255 g/mol. The zero-order valence-corrected chi connectivity index (χ0v) is 10.6. The van der Waals surface area contributed by atoms with E-state index < -0.39 is 11.6 Å². The predicted molar refractivity (Wildman–Crippen MR) is 66.7 cm³/mol. The van der Waals surface area contributed by atoms with Crippen LogP contribution in [0, 0.1) is 11.6 Å². The van der Waals surface area contributed by atoms with E-state index in [4.69, 9.17) is 10.5 Å². The van der Waals surface area contributed by atoms with E-state index in [1.165, 1.54) is 25.7 Å². The van der Waals surface area contributed by atoms with Crippen molar-refractivity contribution in [2.45, 2.75) is 37.5 Å². The molecule has 0 amide bonds. The molecule has 0 bridgehead atoms. The standard InChI is InChI=1S/C14H19F2NO/c1-18-13-11(15)7-10(8-12(13)16)14(9-17)5-3-2-4-6-14/h7-8H,2-6,9,17H2,1H3. The van der Waals surface area contributed by atoms with Gasteiger partial charge in [0, 0.05) is 12.0 Å². The molecule has 0 aliphatic heterocycles. The van der Waals surface area contributed by atoms with Gasteiger partial charge in [-0.05, 0) is 30.5 Å². The molecular formula is C14H19F2NO. The van der Waals surface area contributed by atoms with Gasteiger partial charge in [-0.2, -0.15) is 0 Å². The van der Waals surface area contributed by atoms with E-state index in [-0.39, 0.29) is 11.2 Å². The van der Waals surface area contributed by atoms with Gasteiger partial charge in [0.25, 0.3) is 0 Å². The lowest BCUT2D eigenvalue weighted by atomic mass is 9.69. The molecule has 1 aromatic carbocycles. The summed E-state index contributed by atoms with van der Waals surface area (Å²) in [5, 5.41) is 0. The first kappa shape index (κ1) is 13.3. The third-order valence-corrected chi connectivity index (χ3v) is 4.02. The Bertz CT molecular complexity index is 405. The van der Waals surface area contributed by atoms with E-state index in [2.05, 4.69) is 0 Å². The summed E-state index contributed by atoms with van der Waals surface area (Å²) in [7, 11) is 1.26. The highest BCUT2D eigenvalue weighted by Gasteiger charge is 2.34. The van der Waals surface area contributed by atoms with Gasteiger partial charge in [0.05, 0.1) is 7.11 Å². The molecule has 18 heavy (non-hydrogen) atoms. The van der Waals surface area contributed by atoms with Gasteiger partial charge >= 0.3 is 0 Å². The van der Waals surface area contributed by atoms with Gasteiger partial charge in [0.1, 0.15) is 0 Å². The summed E-state index contributed by atoms with van der Waals surface area (Å²) in [5.74, 6) is -1.61. The summed E-state index contributed by atoms with van der Waals surface area (Å²) in [6.07, 6.45) is 5.09. The summed E-state index contributed by atoms with van der Waals surface area (Å²) in [6.45, 7) is 0.429. The van der Waals surface area contributed by atoms with Crippen molar-refractivity contribution in [1.29, 1.82) is 0 Å². The van der Waals surface area contributed by atoms with Gasteiger partial charge in [0.2, 0.25) is 0 Å². The summed E-state index contributed by atoms with van der Waals surface area (Å²) in [5.41, 5.74) is 6.26. The molecule has 0 unspecified atom stereocenters. The van der Waals surface area contributed by atoms with Crippen molar-refractivity contribution in [2.75, 3.05) is 13.7 Å². The molecule has 0 spiro atoms. The summed E-state index contributed by atoms with van der Waals surface area (Å²) in [6, 6.07) is 2.75. The van der Waals surface area contributed by atoms with Crippen LogP contribution < -0.4 is 10.5 Å². The van der Waals surface area contributed by atoms with Gasteiger partial charge in [-0.15, -0.1) is 0 Å². The summed E-state index contributed by atoms with van der Waals surface area (Å²) < 4.78 is 32.2. The van der Waals surface area contributed by atoms with E-state index in [0.717, 1.165) is 25.7 Å². The molecule has 0 atom stereocenters. The Morgan fingerprint density at radius 2 is 1.72 bits per heavy atom. The quantitative estimate of drug-likeness (QED) is 0.900. The van der Waals surface area contributed by atoms with Crippen LogP contribution in [0.3, 0.4) is 0 Å². The molecule has 100 valence electrons. The fraction of sp³-hybridized carbons (Fsp3) is 0.571. The molecule has 2 rings (SSSR count). The van der Waals surface area contributed by atoms with E-state index in [9.17, 15) is 8.78 Å². The second-order valence-electron chi connectivity index (χ2n) is 5.02. The second-order valence-corrected chi connectivity index (χ2v) is 5.02. The van der Waals surface area contributed by atoms with Crippen molar-refractivity contribution in [2.24, 2.45) is 5.73 Å². The fourth-order valence-electron chi connectivity index (χ4n) is 2.90. The number of rotatable bonds is 3. The Morgan fingerprint density at radius 1 is 1.17 bits per heavy atom. The number of hydrogen-bond donors (Lipinski definition) is 1. The molecule has 1 aliphatic carbocycles. The third kappa shape index (κ3) is 2.21. The molecule has 1 fully saturated rings. The third-order valence-electron chi connectivity index (χ3n) is 4.02. The Kier molecular flexibility index (Phi) is 3.85. The average Bonchev–Trinajstić information content (AvgIpc) is 2.39. The normalized spacial score (nSPS) is 18.7. The van der Waals surface area contributed by atoms with Crippen LogP contribution in [0.4, 0.5) is 8.78 Å². The van der Waals surface area contributed by atoms with Gasteiger partial charge < -0.3 is 10.5 Å². The maximum absolute atomic E-state index is 13.8. The molecule has 1 aliphatic rings. The molecule has 4 heteroatoms. The Labute approximate surface area is 106 Å². The Morgan fingerprint density at radius 3 is 2.17 bits per heavy atom. The van der Waals surface area contributed by atoms with Crippen LogP contribution in [-0.2, 0) is 5.41 Å². The summed E-state index contributed by atoms with van der Waals surface area (Å²) >= 11 is 0. The first-order valence-electron chi connectivity index (χ1n) is 6.36. The monoisotopic (exact) mass is 255 g/mol. The molecular weight excluding hydrogens is 236 g/mol.